The number of carbonyl (C=O) groups is 1. The van der Waals surface area contributed by atoms with Crippen LogP contribution in [-0.4, -0.2) is 42.1 Å². The first-order valence-electron chi connectivity index (χ1n) is 8.42. The number of imidazole rings is 1. The lowest BCUT2D eigenvalue weighted by atomic mass is 10.1. The van der Waals surface area contributed by atoms with E-state index in [4.69, 9.17) is 4.42 Å². The number of benzene rings is 1. The number of aromatic nitrogens is 5. The van der Waals surface area contributed by atoms with Gasteiger partial charge in [-0.25, -0.2) is 9.97 Å². The zero-order valence-electron chi connectivity index (χ0n) is 13.9. The largest absolute Gasteiger partial charge is 0.446 e. The number of rotatable bonds is 3. The quantitative estimate of drug-likeness (QED) is 0.611. The molecule has 0 fully saturated rings. The van der Waals surface area contributed by atoms with Crippen molar-refractivity contribution in [3.63, 3.8) is 0 Å². The van der Waals surface area contributed by atoms with Gasteiger partial charge in [0.2, 0.25) is 5.89 Å². The number of H-pyrrole nitrogens is 1. The molecule has 4 heterocycles. The lowest BCUT2D eigenvalue weighted by Crippen LogP contribution is -2.35. The second-order valence-electron chi connectivity index (χ2n) is 6.34. The third kappa shape index (κ3) is 2.46. The predicted molar refractivity (Wildman–Crippen MR) is 92.4 cm³/mol. The van der Waals surface area contributed by atoms with Gasteiger partial charge in [0.25, 0.3) is 5.91 Å². The third-order valence-corrected chi connectivity index (χ3v) is 4.69. The summed E-state index contributed by atoms with van der Waals surface area (Å²) in [6, 6.07) is 7.86. The molecule has 1 aliphatic rings. The molecule has 26 heavy (non-hydrogen) atoms. The molecule has 130 valence electrons. The topological polar surface area (TPSA) is 92.8 Å². The van der Waals surface area contributed by atoms with Crippen LogP contribution in [0.25, 0.3) is 11.0 Å². The predicted octanol–water partition coefficient (Wildman–Crippen LogP) is 1.99. The molecule has 1 aliphatic heterocycles. The maximum Gasteiger partial charge on any atom is 0.276 e. The van der Waals surface area contributed by atoms with Crippen molar-refractivity contribution in [1.29, 1.82) is 0 Å². The number of carbonyl (C=O) groups excluding carboxylic acids is 1. The molecule has 1 aromatic carbocycles. The van der Waals surface area contributed by atoms with Gasteiger partial charge in [0.1, 0.15) is 12.8 Å². The second-order valence-corrected chi connectivity index (χ2v) is 6.34. The molecular formula is C18H16N6O2. The van der Waals surface area contributed by atoms with Crippen LogP contribution in [0.3, 0.4) is 0 Å². The van der Waals surface area contributed by atoms with Crippen molar-refractivity contribution < 1.29 is 9.21 Å². The highest BCUT2D eigenvalue weighted by atomic mass is 16.3. The lowest BCUT2D eigenvalue weighted by Gasteiger charge is -2.25. The van der Waals surface area contributed by atoms with Gasteiger partial charge in [0.15, 0.2) is 5.69 Å². The molecule has 0 aliphatic carbocycles. The standard InChI is InChI=1S/C18H16N6O2/c25-18(23-6-5-13-12(8-23)7-20-22-13)15-10-26-17(21-15)9-24-11-19-14-3-1-2-4-16(14)24/h1-4,7,10-11H,5-6,8-9H2,(H,20,22). The van der Waals surface area contributed by atoms with Gasteiger partial charge in [-0.05, 0) is 12.1 Å². The molecule has 0 bridgehead atoms. The van der Waals surface area contributed by atoms with Crippen LogP contribution in [0.1, 0.15) is 27.6 Å². The van der Waals surface area contributed by atoms with Crippen LogP contribution in [0.4, 0.5) is 0 Å². The first-order valence-corrected chi connectivity index (χ1v) is 8.42. The Bertz CT molecular complexity index is 1090. The van der Waals surface area contributed by atoms with Crippen molar-refractivity contribution in [2.24, 2.45) is 0 Å². The Labute approximate surface area is 148 Å². The molecule has 0 spiro atoms. The Morgan fingerprint density at radius 2 is 2.23 bits per heavy atom. The number of nitrogens with zero attached hydrogens (tertiary/aromatic N) is 5. The van der Waals surface area contributed by atoms with Crippen molar-refractivity contribution in [3.8, 4) is 0 Å². The van der Waals surface area contributed by atoms with Crippen molar-refractivity contribution in [2.75, 3.05) is 6.54 Å². The minimum atomic E-state index is -0.123. The molecular weight excluding hydrogens is 332 g/mol. The van der Waals surface area contributed by atoms with Gasteiger partial charge < -0.3 is 13.9 Å². The molecule has 8 nitrogen and oxygen atoms in total. The molecule has 0 radical (unpaired) electrons. The number of fused-ring (bicyclic) bond motifs is 2. The van der Waals surface area contributed by atoms with Crippen LogP contribution >= 0.6 is 0 Å². The number of oxazole rings is 1. The van der Waals surface area contributed by atoms with Gasteiger partial charge in [-0.3, -0.25) is 9.89 Å². The molecule has 1 amide bonds. The van der Waals surface area contributed by atoms with E-state index in [1.165, 1.54) is 6.26 Å². The summed E-state index contributed by atoms with van der Waals surface area (Å²) in [7, 11) is 0. The summed E-state index contributed by atoms with van der Waals surface area (Å²) in [5, 5.41) is 7.00. The van der Waals surface area contributed by atoms with E-state index in [0.29, 0.717) is 31.2 Å². The van der Waals surface area contributed by atoms with Crippen LogP contribution in [0.5, 0.6) is 0 Å². The highest BCUT2D eigenvalue weighted by Crippen LogP contribution is 2.19. The van der Waals surface area contributed by atoms with E-state index in [-0.39, 0.29) is 5.91 Å². The van der Waals surface area contributed by atoms with E-state index in [1.54, 1.807) is 17.4 Å². The molecule has 0 unspecified atom stereocenters. The summed E-state index contributed by atoms with van der Waals surface area (Å²) < 4.78 is 7.48. The summed E-state index contributed by atoms with van der Waals surface area (Å²) in [5.74, 6) is 0.361. The summed E-state index contributed by atoms with van der Waals surface area (Å²) in [6.45, 7) is 1.61. The Balaban J connectivity index is 1.34. The van der Waals surface area contributed by atoms with Gasteiger partial charge in [-0.15, -0.1) is 0 Å². The number of aromatic amines is 1. The highest BCUT2D eigenvalue weighted by molar-refractivity contribution is 5.92. The van der Waals surface area contributed by atoms with E-state index >= 15 is 0 Å². The number of nitrogens with one attached hydrogen (secondary N) is 1. The van der Waals surface area contributed by atoms with Gasteiger partial charge in [0, 0.05) is 30.8 Å². The van der Waals surface area contributed by atoms with Crippen LogP contribution in [-0.2, 0) is 19.5 Å². The number of para-hydroxylation sites is 2. The monoisotopic (exact) mass is 348 g/mol. The molecule has 3 aromatic heterocycles. The van der Waals surface area contributed by atoms with E-state index in [1.807, 2.05) is 28.8 Å². The summed E-state index contributed by atoms with van der Waals surface area (Å²) in [4.78, 5) is 23.2. The molecule has 0 atom stereocenters. The van der Waals surface area contributed by atoms with E-state index in [2.05, 4.69) is 20.2 Å². The van der Waals surface area contributed by atoms with Gasteiger partial charge in [-0.2, -0.15) is 5.10 Å². The molecule has 0 saturated heterocycles. The number of amides is 1. The van der Waals surface area contributed by atoms with Gasteiger partial charge in [0.05, 0.1) is 23.6 Å². The van der Waals surface area contributed by atoms with Gasteiger partial charge >= 0.3 is 0 Å². The Hall–Kier alpha value is -3.42. The maximum absolute atomic E-state index is 12.7. The minimum Gasteiger partial charge on any atom is -0.446 e. The molecule has 5 rings (SSSR count). The van der Waals surface area contributed by atoms with Crippen LogP contribution in [0.2, 0.25) is 0 Å². The minimum absolute atomic E-state index is 0.123. The number of hydrogen-bond donors (Lipinski definition) is 1. The van der Waals surface area contributed by atoms with Crippen molar-refractivity contribution >= 4 is 16.9 Å². The second kappa shape index (κ2) is 5.83. The smallest absolute Gasteiger partial charge is 0.276 e. The Morgan fingerprint density at radius 3 is 3.19 bits per heavy atom. The normalized spacial score (nSPS) is 13.9. The zero-order valence-corrected chi connectivity index (χ0v) is 13.9. The number of hydrogen-bond acceptors (Lipinski definition) is 5. The van der Waals surface area contributed by atoms with Crippen LogP contribution < -0.4 is 0 Å². The first kappa shape index (κ1) is 14.9. The molecule has 8 heteroatoms. The highest BCUT2D eigenvalue weighted by Gasteiger charge is 2.25. The van der Waals surface area contributed by atoms with Crippen molar-refractivity contribution in [3.05, 3.63) is 65.9 Å². The van der Waals surface area contributed by atoms with Crippen LogP contribution in [0.15, 0.2) is 47.5 Å². The fourth-order valence-electron chi connectivity index (χ4n) is 3.32. The molecule has 0 saturated carbocycles. The van der Waals surface area contributed by atoms with E-state index in [9.17, 15) is 4.79 Å². The SMILES string of the molecule is O=C(c1coc(Cn2cnc3ccccc32)n1)N1CCc2[nH]ncc2C1. The Morgan fingerprint density at radius 1 is 1.31 bits per heavy atom. The van der Waals surface area contributed by atoms with Crippen LogP contribution in [0, 0.1) is 0 Å². The fourth-order valence-corrected chi connectivity index (χ4v) is 3.32. The van der Waals surface area contributed by atoms with E-state index in [0.717, 1.165) is 28.7 Å². The lowest BCUT2D eigenvalue weighted by molar-refractivity contribution is 0.0728. The van der Waals surface area contributed by atoms with E-state index < -0.39 is 0 Å². The maximum atomic E-state index is 12.7. The fraction of sp³-hybridized carbons (Fsp3) is 0.222. The van der Waals surface area contributed by atoms with Crippen molar-refractivity contribution in [2.45, 2.75) is 19.5 Å². The van der Waals surface area contributed by atoms with Gasteiger partial charge in [-0.1, -0.05) is 12.1 Å². The summed E-state index contributed by atoms with van der Waals surface area (Å²) >= 11 is 0. The molecule has 4 aromatic rings. The summed E-state index contributed by atoms with van der Waals surface area (Å²) in [6.07, 6.45) is 5.73. The summed E-state index contributed by atoms with van der Waals surface area (Å²) in [5.41, 5.74) is 4.40. The average Bonchev–Trinajstić information content (AvgIpc) is 3.41. The Kier molecular flexibility index (Phi) is 3.34. The first-order chi connectivity index (χ1) is 12.8. The average molecular weight is 348 g/mol. The third-order valence-electron chi connectivity index (χ3n) is 4.69. The zero-order chi connectivity index (χ0) is 17.5. The molecule has 1 N–H and O–H groups in total. The van der Waals surface area contributed by atoms with Crippen molar-refractivity contribution in [1.82, 2.24) is 29.6 Å².